The molecule has 1 nitrogen and oxygen atoms in total. The predicted octanol–water partition coefficient (Wildman–Crippen LogP) is 3.02. The SMILES string of the molecule is CC#Cc1ccc(Br)c(C(C)=O)c1. The molecule has 1 aromatic rings. The monoisotopic (exact) mass is 236 g/mol. The van der Waals surface area contributed by atoms with Gasteiger partial charge >= 0.3 is 0 Å². The highest BCUT2D eigenvalue weighted by atomic mass is 79.9. The molecule has 0 unspecified atom stereocenters. The van der Waals surface area contributed by atoms with Gasteiger partial charge in [-0.15, -0.1) is 5.92 Å². The number of halogens is 1. The Hall–Kier alpha value is -1.07. The number of hydrogen-bond acceptors (Lipinski definition) is 1. The number of Topliss-reactive ketones (excluding diaryl/α,β-unsaturated/α-hetero) is 1. The van der Waals surface area contributed by atoms with Crippen molar-refractivity contribution in [2.24, 2.45) is 0 Å². The van der Waals surface area contributed by atoms with Crippen LogP contribution in [-0.2, 0) is 0 Å². The van der Waals surface area contributed by atoms with Crippen molar-refractivity contribution >= 4 is 21.7 Å². The quantitative estimate of drug-likeness (QED) is 0.542. The van der Waals surface area contributed by atoms with Crippen LogP contribution in [0.25, 0.3) is 0 Å². The normalized spacial score (nSPS) is 8.85. The summed E-state index contributed by atoms with van der Waals surface area (Å²) in [6.07, 6.45) is 0. The maximum absolute atomic E-state index is 11.1. The van der Waals surface area contributed by atoms with Gasteiger partial charge in [-0.05, 0) is 32.0 Å². The zero-order chi connectivity index (χ0) is 9.84. The van der Waals surface area contributed by atoms with E-state index in [-0.39, 0.29) is 5.78 Å². The van der Waals surface area contributed by atoms with Crippen molar-refractivity contribution in [2.45, 2.75) is 13.8 Å². The second-order valence-corrected chi connectivity index (χ2v) is 3.48. The zero-order valence-corrected chi connectivity index (χ0v) is 9.10. The summed E-state index contributed by atoms with van der Waals surface area (Å²) >= 11 is 3.31. The maximum atomic E-state index is 11.1. The Morgan fingerprint density at radius 1 is 1.46 bits per heavy atom. The minimum absolute atomic E-state index is 0.0478. The molecule has 0 fully saturated rings. The van der Waals surface area contributed by atoms with Gasteiger partial charge < -0.3 is 0 Å². The van der Waals surface area contributed by atoms with Crippen molar-refractivity contribution in [3.05, 3.63) is 33.8 Å². The van der Waals surface area contributed by atoms with Gasteiger partial charge in [-0.1, -0.05) is 21.9 Å². The molecule has 1 aromatic carbocycles. The topological polar surface area (TPSA) is 17.1 Å². The summed E-state index contributed by atoms with van der Waals surface area (Å²) in [6, 6.07) is 5.52. The third-order valence-electron chi connectivity index (χ3n) is 1.61. The van der Waals surface area contributed by atoms with E-state index < -0.39 is 0 Å². The number of carbonyl (C=O) groups is 1. The lowest BCUT2D eigenvalue weighted by Gasteiger charge is -1.99. The highest BCUT2D eigenvalue weighted by Crippen LogP contribution is 2.18. The lowest BCUT2D eigenvalue weighted by Crippen LogP contribution is -1.94. The van der Waals surface area contributed by atoms with E-state index in [1.165, 1.54) is 0 Å². The fourth-order valence-electron chi connectivity index (χ4n) is 1.02. The van der Waals surface area contributed by atoms with Gasteiger partial charge in [0, 0.05) is 15.6 Å². The zero-order valence-electron chi connectivity index (χ0n) is 7.52. The van der Waals surface area contributed by atoms with E-state index in [1.54, 1.807) is 19.9 Å². The van der Waals surface area contributed by atoms with Gasteiger partial charge in [0.2, 0.25) is 0 Å². The van der Waals surface area contributed by atoms with E-state index in [9.17, 15) is 4.79 Å². The third-order valence-corrected chi connectivity index (χ3v) is 2.31. The molecule has 2 heteroatoms. The summed E-state index contributed by atoms with van der Waals surface area (Å²) in [5.74, 6) is 5.75. The number of benzene rings is 1. The van der Waals surface area contributed by atoms with Crippen molar-refractivity contribution < 1.29 is 4.79 Å². The summed E-state index contributed by atoms with van der Waals surface area (Å²) in [5, 5.41) is 0. The lowest BCUT2D eigenvalue weighted by molar-refractivity contribution is 0.101. The smallest absolute Gasteiger partial charge is 0.160 e. The van der Waals surface area contributed by atoms with Gasteiger partial charge in [0.05, 0.1) is 0 Å². The van der Waals surface area contributed by atoms with Crippen LogP contribution in [0.1, 0.15) is 29.8 Å². The van der Waals surface area contributed by atoms with Gasteiger partial charge in [-0.2, -0.15) is 0 Å². The van der Waals surface area contributed by atoms with E-state index in [4.69, 9.17) is 0 Å². The largest absolute Gasteiger partial charge is 0.294 e. The minimum atomic E-state index is 0.0478. The molecule has 0 radical (unpaired) electrons. The van der Waals surface area contributed by atoms with E-state index in [0.29, 0.717) is 5.56 Å². The summed E-state index contributed by atoms with van der Waals surface area (Å²) in [6.45, 7) is 3.32. The molecule has 0 amide bonds. The van der Waals surface area contributed by atoms with Gasteiger partial charge in [0.15, 0.2) is 5.78 Å². The number of hydrogen-bond donors (Lipinski definition) is 0. The molecule has 1 rings (SSSR count). The lowest BCUT2D eigenvalue weighted by atomic mass is 10.1. The second-order valence-electron chi connectivity index (χ2n) is 2.63. The van der Waals surface area contributed by atoms with Crippen molar-refractivity contribution in [1.82, 2.24) is 0 Å². The molecule has 0 aliphatic carbocycles. The molecule has 0 aromatic heterocycles. The molecule has 13 heavy (non-hydrogen) atoms. The van der Waals surface area contributed by atoms with Crippen LogP contribution in [0.15, 0.2) is 22.7 Å². The van der Waals surface area contributed by atoms with Gasteiger partial charge in [-0.25, -0.2) is 0 Å². The van der Waals surface area contributed by atoms with Gasteiger partial charge in [0.25, 0.3) is 0 Å². The Bertz CT molecular complexity index is 396. The molecule has 0 heterocycles. The Labute approximate surface area is 86.3 Å². The average molecular weight is 237 g/mol. The molecule has 0 N–H and O–H groups in total. The van der Waals surface area contributed by atoms with Crippen LogP contribution in [-0.4, -0.2) is 5.78 Å². The Balaban J connectivity index is 3.24. The van der Waals surface area contributed by atoms with Crippen LogP contribution in [0.5, 0.6) is 0 Å². The van der Waals surface area contributed by atoms with E-state index in [2.05, 4.69) is 27.8 Å². The predicted molar refractivity (Wildman–Crippen MR) is 56.7 cm³/mol. The summed E-state index contributed by atoms with van der Waals surface area (Å²) < 4.78 is 0.821. The standard InChI is InChI=1S/C11H9BrO/c1-3-4-9-5-6-11(12)10(7-9)8(2)13/h5-7H,1-2H3. The molecular formula is C11H9BrO. The van der Waals surface area contributed by atoms with Crippen LogP contribution in [0.3, 0.4) is 0 Å². The fourth-order valence-corrected chi connectivity index (χ4v) is 1.54. The average Bonchev–Trinajstić information content (AvgIpc) is 2.08. The van der Waals surface area contributed by atoms with Gasteiger partial charge in [0.1, 0.15) is 0 Å². The van der Waals surface area contributed by atoms with Crippen molar-refractivity contribution in [1.29, 1.82) is 0 Å². The molecule has 0 saturated heterocycles. The Morgan fingerprint density at radius 2 is 2.15 bits per heavy atom. The minimum Gasteiger partial charge on any atom is -0.294 e. The summed E-state index contributed by atoms with van der Waals surface area (Å²) in [5.41, 5.74) is 1.55. The first-order valence-electron chi connectivity index (χ1n) is 3.88. The van der Waals surface area contributed by atoms with Crippen LogP contribution in [0.2, 0.25) is 0 Å². The number of rotatable bonds is 1. The highest BCUT2D eigenvalue weighted by molar-refractivity contribution is 9.10. The summed E-state index contributed by atoms with van der Waals surface area (Å²) in [7, 11) is 0. The van der Waals surface area contributed by atoms with Crippen LogP contribution >= 0.6 is 15.9 Å². The Kier molecular flexibility index (Phi) is 3.27. The molecule has 0 bridgehead atoms. The fraction of sp³-hybridized carbons (Fsp3) is 0.182. The van der Waals surface area contributed by atoms with E-state index >= 15 is 0 Å². The van der Waals surface area contributed by atoms with E-state index in [0.717, 1.165) is 10.0 Å². The van der Waals surface area contributed by atoms with Crippen molar-refractivity contribution in [3.63, 3.8) is 0 Å². The first kappa shape index (κ1) is 10.0. The molecule has 0 atom stereocenters. The number of ketones is 1. The molecule has 0 aliphatic heterocycles. The van der Waals surface area contributed by atoms with Crippen LogP contribution in [0.4, 0.5) is 0 Å². The van der Waals surface area contributed by atoms with Crippen molar-refractivity contribution in [2.75, 3.05) is 0 Å². The van der Waals surface area contributed by atoms with Crippen LogP contribution in [0, 0.1) is 11.8 Å². The molecule has 66 valence electrons. The molecule has 0 aliphatic rings. The first-order valence-corrected chi connectivity index (χ1v) is 4.67. The Morgan fingerprint density at radius 3 is 2.69 bits per heavy atom. The van der Waals surface area contributed by atoms with Crippen LogP contribution < -0.4 is 0 Å². The third kappa shape index (κ3) is 2.43. The molecular weight excluding hydrogens is 228 g/mol. The number of carbonyl (C=O) groups excluding carboxylic acids is 1. The second kappa shape index (κ2) is 4.25. The first-order chi connectivity index (χ1) is 6.15. The molecule has 0 spiro atoms. The van der Waals surface area contributed by atoms with Gasteiger partial charge in [-0.3, -0.25) is 4.79 Å². The highest BCUT2D eigenvalue weighted by Gasteiger charge is 2.04. The van der Waals surface area contributed by atoms with E-state index in [1.807, 2.05) is 12.1 Å². The maximum Gasteiger partial charge on any atom is 0.160 e. The van der Waals surface area contributed by atoms with Crippen molar-refractivity contribution in [3.8, 4) is 11.8 Å². The molecule has 0 saturated carbocycles. The summed E-state index contributed by atoms with van der Waals surface area (Å²) in [4.78, 5) is 11.1.